The number of aromatic nitrogens is 4. The Labute approximate surface area is 142 Å². The summed E-state index contributed by atoms with van der Waals surface area (Å²) in [5, 5.41) is 3.94. The van der Waals surface area contributed by atoms with Crippen LogP contribution in [0, 0.1) is 6.92 Å². The van der Waals surface area contributed by atoms with Gasteiger partial charge in [0.25, 0.3) is 0 Å². The van der Waals surface area contributed by atoms with Crippen molar-refractivity contribution in [2.45, 2.75) is 58.2 Å². The summed E-state index contributed by atoms with van der Waals surface area (Å²) in [6.07, 6.45) is 6.04. The first kappa shape index (κ1) is 15.8. The zero-order valence-electron chi connectivity index (χ0n) is 14.5. The standard InChI is InChI=1S/C17H25N5O2/c1-12-18-14-5-3-4-6-15(14)22(12)13-7-8-21(9-13)10-17-19-16(11-23-2)20-24-17/h13H,3-11H2,1-2H3. The van der Waals surface area contributed by atoms with Crippen molar-refractivity contribution < 1.29 is 9.26 Å². The molecule has 2 aromatic rings. The Kier molecular flexibility index (Phi) is 4.37. The lowest BCUT2D eigenvalue weighted by Crippen LogP contribution is -2.23. The normalized spacial score (nSPS) is 21.3. The van der Waals surface area contributed by atoms with Gasteiger partial charge in [-0.25, -0.2) is 4.98 Å². The maximum atomic E-state index is 5.32. The number of methoxy groups -OCH3 is 1. The van der Waals surface area contributed by atoms with Gasteiger partial charge in [0.15, 0.2) is 5.82 Å². The van der Waals surface area contributed by atoms with Gasteiger partial charge in [0.1, 0.15) is 12.4 Å². The van der Waals surface area contributed by atoms with Crippen LogP contribution in [0.5, 0.6) is 0 Å². The SMILES string of the molecule is COCc1noc(CN2CCC(n3c(C)nc4c3CCCC4)C2)n1. The van der Waals surface area contributed by atoms with Crippen molar-refractivity contribution in [3.05, 3.63) is 28.9 Å². The van der Waals surface area contributed by atoms with Gasteiger partial charge < -0.3 is 13.8 Å². The highest BCUT2D eigenvalue weighted by molar-refractivity contribution is 5.21. The molecule has 4 rings (SSSR count). The number of hydrogen-bond donors (Lipinski definition) is 0. The number of likely N-dealkylation sites (tertiary alicyclic amines) is 1. The number of imidazole rings is 1. The van der Waals surface area contributed by atoms with Crippen LogP contribution >= 0.6 is 0 Å². The fourth-order valence-corrected chi connectivity index (χ4v) is 4.08. The van der Waals surface area contributed by atoms with Crippen molar-refractivity contribution in [1.82, 2.24) is 24.6 Å². The Morgan fingerprint density at radius 3 is 3.00 bits per heavy atom. The van der Waals surface area contributed by atoms with E-state index < -0.39 is 0 Å². The molecule has 0 radical (unpaired) electrons. The summed E-state index contributed by atoms with van der Waals surface area (Å²) in [4.78, 5) is 11.6. The number of nitrogens with zero attached hydrogens (tertiary/aromatic N) is 5. The third kappa shape index (κ3) is 2.98. The van der Waals surface area contributed by atoms with Crippen LogP contribution in [0.25, 0.3) is 0 Å². The van der Waals surface area contributed by atoms with Gasteiger partial charge in [-0.05, 0) is 39.0 Å². The van der Waals surface area contributed by atoms with Crippen molar-refractivity contribution in [3.8, 4) is 0 Å². The molecule has 0 spiro atoms. The minimum atomic E-state index is 0.395. The molecule has 0 amide bonds. The summed E-state index contributed by atoms with van der Waals surface area (Å²) in [6, 6.07) is 0.515. The molecule has 3 heterocycles. The predicted octanol–water partition coefficient (Wildman–Crippen LogP) is 2.05. The first-order chi connectivity index (χ1) is 11.7. The molecule has 1 aliphatic heterocycles. The van der Waals surface area contributed by atoms with E-state index in [4.69, 9.17) is 14.2 Å². The van der Waals surface area contributed by atoms with Gasteiger partial charge in [0.2, 0.25) is 5.89 Å². The van der Waals surface area contributed by atoms with Gasteiger partial charge in [-0.15, -0.1) is 0 Å². The van der Waals surface area contributed by atoms with E-state index in [0.29, 0.717) is 30.9 Å². The molecular formula is C17H25N5O2. The maximum Gasteiger partial charge on any atom is 0.240 e. The van der Waals surface area contributed by atoms with Gasteiger partial charge in [-0.3, -0.25) is 4.90 Å². The molecule has 2 aromatic heterocycles. The molecule has 1 fully saturated rings. The van der Waals surface area contributed by atoms with Crippen LogP contribution in [-0.4, -0.2) is 44.8 Å². The highest BCUT2D eigenvalue weighted by Gasteiger charge is 2.29. The molecule has 0 bridgehead atoms. The largest absolute Gasteiger partial charge is 0.377 e. The Morgan fingerprint density at radius 1 is 1.25 bits per heavy atom. The first-order valence-electron chi connectivity index (χ1n) is 8.84. The molecule has 24 heavy (non-hydrogen) atoms. The van der Waals surface area contributed by atoms with Gasteiger partial charge in [-0.1, -0.05) is 5.16 Å². The number of hydrogen-bond acceptors (Lipinski definition) is 6. The van der Waals surface area contributed by atoms with Crippen molar-refractivity contribution in [3.63, 3.8) is 0 Å². The second-order valence-electron chi connectivity index (χ2n) is 6.84. The van der Waals surface area contributed by atoms with E-state index in [1.165, 1.54) is 36.5 Å². The molecule has 1 aliphatic carbocycles. The van der Waals surface area contributed by atoms with Crippen LogP contribution in [0.15, 0.2) is 4.52 Å². The summed E-state index contributed by atoms with van der Waals surface area (Å²) in [5.74, 6) is 2.46. The van der Waals surface area contributed by atoms with Crippen LogP contribution in [0.3, 0.4) is 0 Å². The summed E-state index contributed by atoms with van der Waals surface area (Å²) in [7, 11) is 1.63. The number of rotatable bonds is 5. The predicted molar refractivity (Wildman–Crippen MR) is 87.5 cm³/mol. The second-order valence-corrected chi connectivity index (χ2v) is 6.84. The van der Waals surface area contributed by atoms with E-state index in [-0.39, 0.29) is 0 Å². The number of aryl methyl sites for hydroxylation is 2. The molecule has 0 N–H and O–H groups in total. The molecule has 1 atom stereocenters. The summed E-state index contributed by atoms with van der Waals surface area (Å²) in [6.45, 7) is 5.33. The van der Waals surface area contributed by atoms with Crippen LogP contribution < -0.4 is 0 Å². The Bertz CT molecular complexity index is 708. The third-order valence-corrected chi connectivity index (χ3v) is 5.10. The number of fused-ring (bicyclic) bond motifs is 1. The Balaban J connectivity index is 1.44. The van der Waals surface area contributed by atoms with E-state index in [2.05, 4.69) is 26.5 Å². The molecule has 130 valence electrons. The lowest BCUT2D eigenvalue weighted by Gasteiger charge is -2.20. The fourth-order valence-electron chi connectivity index (χ4n) is 4.08. The maximum absolute atomic E-state index is 5.32. The second kappa shape index (κ2) is 6.64. The Morgan fingerprint density at radius 2 is 2.12 bits per heavy atom. The average molecular weight is 331 g/mol. The molecule has 1 unspecified atom stereocenters. The van der Waals surface area contributed by atoms with Gasteiger partial charge >= 0.3 is 0 Å². The zero-order chi connectivity index (χ0) is 16.5. The van der Waals surface area contributed by atoms with Crippen molar-refractivity contribution >= 4 is 0 Å². The van der Waals surface area contributed by atoms with Crippen molar-refractivity contribution in [2.24, 2.45) is 0 Å². The monoisotopic (exact) mass is 331 g/mol. The van der Waals surface area contributed by atoms with E-state index in [1.807, 2.05) is 0 Å². The fraction of sp³-hybridized carbons (Fsp3) is 0.706. The molecule has 0 aromatic carbocycles. The quantitative estimate of drug-likeness (QED) is 0.835. The highest BCUT2D eigenvalue weighted by Crippen LogP contribution is 2.30. The van der Waals surface area contributed by atoms with Crippen LogP contribution in [0.1, 0.15) is 54.2 Å². The molecule has 1 saturated heterocycles. The highest BCUT2D eigenvalue weighted by atomic mass is 16.5. The van der Waals surface area contributed by atoms with E-state index in [1.54, 1.807) is 7.11 Å². The lowest BCUT2D eigenvalue weighted by atomic mass is 10.0. The topological polar surface area (TPSA) is 69.2 Å². The van der Waals surface area contributed by atoms with E-state index >= 15 is 0 Å². The van der Waals surface area contributed by atoms with Gasteiger partial charge in [0, 0.05) is 31.9 Å². The zero-order valence-corrected chi connectivity index (χ0v) is 14.5. The van der Waals surface area contributed by atoms with E-state index in [0.717, 1.165) is 25.9 Å². The molecule has 0 saturated carbocycles. The minimum Gasteiger partial charge on any atom is -0.377 e. The summed E-state index contributed by atoms with van der Waals surface area (Å²) in [5.41, 5.74) is 2.81. The van der Waals surface area contributed by atoms with Crippen LogP contribution in [0.2, 0.25) is 0 Å². The lowest BCUT2D eigenvalue weighted by molar-refractivity contribution is 0.174. The molecule has 7 nitrogen and oxygen atoms in total. The minimum absolute atomic E-state index is 0.395. The smallest absolute Gasteiger partial charge is 0.240 e. The average Bonchev–Trinajstić information content (AvgIpc) is 3.26. The number of ether oxygens (including phenoxy) is 1. The third-order valence-electron chi connectivity index (χ3n) is 5.10. The summed E-state index contributed by atoms with van der Waals surface area (Å²) >= 11 is 0. The van der Waals surface area contributed by atoms with E-state index in [9.17, 15) is 0 Å². The molecule has 2 aliphatic rings. The van der Waals surface area contributed by atoms with Crippen LogP contribution in [-0.2, 0) is 30.7 Å². The van der Waals surface area contributed by atoms with Crippen molar-refractivity contribution in [1.29, 1.82) is 0 Å². The molecule has 7 heteroatoms. The van der Waals surface area contributed by atoms with Gasteiger partial charge in [-0.2, -0.15) is 4.98 Å². The Hall–Kier alpha value is -1.73. The van der Waals surface area contributed by atoms with Gasteiger partial charge in [0.05, 0.1) is 12.2 Å². The van der Waals surface area contributed by atoms with Crippen LogP contribution in [0.4, 0.5) is 0 Å². The van der Waals surface area contributed by atoms with Crippen molar-refractivity contribution in [2.75, 3.05) is 20.2 Å². The summed E-state index contributed by atoms with van der Waals surface area (Å²) < 4.78 is 12.9. The first-order valence-corrected chi connectivity index (χ1v) is 8.84. The molecular weight excluding hydrogens is 306 g/mol.